The molecule has 0 saturated heterocycles. The van der Waals surface area contributed by atoms with Gasteiger partial charge < -0.3 is 10.0 Å². The van der Waals surface area contributed by atoms with E-state index in [0.29, 0.717) is 24.9 Å². The van der Waals surface area contributed by atoms with E-state index in [1.54, 1.807) is 6.07 Å². The number of carbonyl (C=O) groups is 1. The third-order valence-electron chi connectivity index (χ3n) is 7.94. The zero-order valence-electron chi connectivity index (χ0n) is 23.2. The lowest BCUT2D eigenvalue weighted by molar-refractivity contribution is -0.438. The number of nitrogens with zero attached hydrogens (tertiary/aromatic N) is 2. The van der Waals surface area contributed by atoms with Crippen LogP contribution >= 0.6 is 0 Å². The Hall–Kier alpha value is -4.05. The molecule has 0 spiro atoms. The SMILES string of the molecule is C#CCCC[N+]1=C(/C=C/C=C/C=C2/N(C)c3ccccc3C2(C)CC(=O)O)C(C)(C)c2cc(C(F)(F)F)ccc21. The van der Waals surface area contributed by atoms with Gasteiger partial charge in [-0.1, -0.05) is 36.4 Å². The van der Waals surface area contributed by atoms with Crippen molar-refractivity contribution in [2.45, 2.75) is 57.0 Å². The van der Waals surface area contributed by atoms with Crippen molar-refractivity contribution in [1.82, 2.24) is 0 Å². The number of benzene rings is 2. The van der Waals surface area contributed by atoms with E-state index in [1.807, 2.05) is 87.4 Å². The summed E-state index contributed by atoms with van der Waals surface area (Å²) in [6, 6.07) is 11.7. The fourth-order valence-electron chi connectivity index (χ4n) is 5.94. The van der Waals surface area contributed by atoms with Crippen molar-refractivity contribution in [3.8, 4) is 12.3 Å². The first-order chi connectivity index (χ1) is 18.8. The molecule has 0 amide bonds. The summed E-state index contributed by atoms with van der Waals surface area (Å²) < 4.78 is 42.6. The van der Waals surface area contributed by atoms with E-state index in [1.165, 1.54) is 6.07 Å². The fourth-order valence-corrected chi connectivity index (χ4v) is 5.94. The number of allylic oxidation sites excluding steroid dienone is 6. The van der Waals surface area contributed by atoms with Gasteiger partial charge in [-0.05, 0) is 50.6 Å². The normalized spacial score (nSPS) is 20.9. The van der Waals surface area contributed by atoms with Crippen molar-refractivity contribution in [2.75, 3.05) is 18.5 Å². The average Bonchev–Trinajstić information content (AvgIpc) is 3.22. The number of carboxylic acid groups (broad SMARTS) is 1. The maximum absolute atomic E-state index is 13.5. The number of fused-ring (bicyclic) bond motifs is 2. The number of terminal acetylenes is 1. The smallest absolute Gasteiger partial charge is 0.416 e. The molecule has 1 N–H and O–H groups in total. The van der Waals surface area contributed by atoms with Gasteiger partial charge in [-0.3, -0.25) is 4.79 Å². The molecule has 7 heteroatoms. The predicted molar refractivity (Wildman–Crippen MR) is 153 cm³/mol. The fraction of sp³-hybridized carbons (Fsp3) is 0.333. The van der Waals surface area contributed by atoms with Gasteiger partial charge in [0.25, 0.3) is 0 Å². The Morgan fingerprint density at radius 1 is 1.10 bits per heavy atom. The first kappa shape index (κ1) is 28.9. The van der Waals surface area contributed by atoms with Crippen LogP contribution in [0.3, 0.4) is 0 Å². The predicted octanol–water partition coefficient (Wildman–Crippen LogP) is 7.37. The van der Waals surface area contributed by atoms with Crippen LogP contribution in [0.5, 0.6) is 0 Å². The molecular formula is C33H34F3N2O2+. The van der Waals surface area contributed by atoms with Crippen LogP contribution in [0.25, 0.3) is 0 Å². The summed E-state index contributed by atoms with van der Waals surface area (Å²) in [5.41, 5.74) is 3.10. The molecule has 208 valence electrons. The van der Waals surface area contributed by atoms with Crippen molar-refractivity contribution in [3.63, 3.8) is 0 Å². The summed E-state index contributed by atoms with van der Waals surface area (Å²) in [7, 11) is 1.93. The average molecular weight is 548 g/mol. The molecule has 0 saturated carbocycles. The van der Waals surface area contributed by atoms with Gasteiger partial charge >= 0.3 is 12.1 Å². The van der Waals surface area contributed by atoms with Gasteiger partial charge in [0, 0.05) is 54.4 Å². The van der Waals surface area contributed by atoms with Gasteiger partial charge in [0.1, 0.15) is 6.54 Å². The number of carboxylic acids is 1. The van der Waals surface area contributed by atoms with Crippen LogP contribution < -0.4 is 4.90 Å². The van der Waals surface area contributed by atoms with Crippen LogP contribution in [-0.2, 0) is 21.8 Å². The molecule has 2 aliphatic heterocycles. The van der Waals surface area contributed by atoms with Crippen molar-refractivity contribution >= 4 is 23.1 Å². The minimum Gasteiger partial charge on any atom is -0.481 e. The van der Waals surface area contributed by atoms with Crippen molar-refractivity contribution in [3.05, 3.63) is 95.2 Å². The molecule has 4 rings (SSSR count). The van der Waals surface area contributed by atoms with E-state index in [2.05, 4.69) is 10.5 Å². The minimum absolute atomic E-state index is 0.0409. The standard InChI is InChI=1S/C33H33F3N2O2/c1-6-7-13-20-38-27-19-18-23(33(34,35)36)21-25(27)31(2,3)28(38)16-9-8-10-17-29-32(4,22-30(39)40)24-14-11-12-15-26(24)37(29)5/h1,8-12,14-19,21H,7,13,20,22H2,2-5H3/p+1. The van der Waals surface area contributed by atoms with E-state index < -0.39 is 28.5 Å². The molecule has 1 atom stereocenters. The number of para-hydroxylation sites is 1. The molecule has 2 heterocycles. The number of likely N-dealkylation sites (N-methyl/N-ethyl adjacent to an activating group) is 1. The molecule has 0 fully saturated rings. The number of alkyl halides is 3. The monoisotopic (exact) mass is 547 g/mol. The topological polar surface area (TPSA) is 43.5 Å². The van der Waals surface area contributed by atoms with E-state index in [4.69, 9.17) is 6.42 Å². The van der Waals surface area contributed by atoms with Crippen molar-refractivity contribution < 1.29 is 27.6 Å². The second-order valence-corrected chi connectivity index (χ2v) is 11.0. The van der Waals surface area contributed by atoms with E-state index in [-0.39, 0.29) is 6.42 Å². The number of anilines is 1. The van der Waals surface area contributed by atoms with Crippen LogP contribution in [0.15, 0.2) is 78.5 Å². The van der Waals surface area contributed by atoms with E-state index >= 15 is 0 Å². The maximum atomic E-state index is 13.5. The van der Waals surface area contributed by atoms with Gasteiger partial charge in [-0.15, -0.1) is 12.3 Å². The van der Waals surface area contributed by atoms with Crippen LogP contribution in [0.1, 0.15) is 56.7 Å². The highest BCUT2D eigenvalue weighted by Crippen LogP contribution is 2.49. The Morgan fingerprint density at radius 3 is 2.50 bits per heavy atom. The van der Waals surface area contributed by atoms with Crippen LogP contribution in [0.4, 0.5) is 24.5 Å². The third-order valence-corrected chi connectivity index (χ3v) is 7.94. The number of unbranched alkanes of at least 4 members (excludes halogenated alkanes) is 1. The molecule has 2 aromatic rings. The lowest BCUT2D eigenvalue weighted by Gasteiger charge is -2.26. The van der Waals surface area contributed by atoms with Crippen LogP contribution in [0.2, 0.25) is 0 Å². The zero-order chi connectivity index (χ0) is 29.3. The molecular weight excluding hydrogens is 513 g/mol. The van der Waals surface area contributed by atoms with E-state index in [9.17, 15) is 23.1 Å². The number of hydrogen-bond donors (Lipinski definition) is 1. The molecule has 2 aliphatic rings. The molecule has 0 bridgehead atoms. The van der Waals surface area contributed by atoms with Gasteiger partial charge in [0.15, 0.2) is 5.71 Å². The summed E-state index contributed by atoms with van der Waals surface area (Å²) in [6.07, 6.45) is 11.7. The molecule has 0 aliphatic carbocycles. The Bertz CT molecular complexity index is 1490. The summed E-state index contributed by atoms with van der Waals surface area (Å²) in [5.74, 6) is 1.76. The molecule has 0 radical (unpaired) electrons. The van der Waals surface area contributed by atoms with E-state index in [0.717, 1.165) is 34.4 Å². The Labute approximate surface area is 233 Å². The highest BCUT2D eigenvalue weighted by atomic mass is 19.4. The number of hydrogen-bond acceptors (Lipinski definition) is 2. The Kier molecular flexibility index (Phi) is 7.85. The van der Waals surface area contributed by atoms with Crippen molar-refractivity contribution in [2.24, 2.45) is 0 Å². The summed E-state index contributed by atoms with van der Waals surface area (Å²) >= 11 is 0. The second kappa shape index (κ2) is 10.8. The summed E-state index contributed by atoms with van der Waals surface area (Å²) in [6.45, 7) is 6.40. The van der Waals surface area contributed by atoms with Crippen LogP contribution in [-0.4, -0.2) is 35.0 Å². The molecule has 2 aromatic carbocycles. The number of halogens is 3. The van der Waals surface area contributed by atoms with Gasteiger partial charge in [0.2, 0.25) is 5.69 Å². The lowest BCUT2D eigenvalue weighted by Crippen LogP contribution is -2.29. The number of aliphatic carboxylic acids is 1. The lowest BCUT2D eigenvalue weighted by atomic mass is 9.78. The first-order valence-electron chi connectivity index (χ1n) is 13.2. The maximum Gasteiger partial charge on any atom is 0.416 e. The summed E-state index contributed by atoms with van der Waals surface area (Å²) in [4.78, 5) is 13.8. The zero-order valence-corrected chi connectivity index (χ0v) is 23.2. The largest absolute Gasteiger partial charge is 0.481 e. The van der Waals surface area contributed by atoms with Gasteiger partial charge in [-0.25, -0.2) is 0 Å². The molecule has 4 nitrogen and oxygen atoms in total. The Morgan fingerprint density at radius 2 is 1.82 bits per heavy atom. The van der Waals surface area contributed by atoms with Gasteiger partial charge in [-0.2, -0.15) is 17.7 Å². The Balaban J connectivity index is 1.66. The number of rotatable bonds is 8. The quantitative estimate of drug-likeness (QED) is 0.162. The second-order valence-electron chi connectivity index (χ2n) is 11.0. The molecule has 40 heavy (non-hydrogen) atoms. The molecule has 0 aromatic heterocycles. The minimum atomic E-state index is -4.42. The molecule has 1 unspecified atom stereocenters. The highest BCUT2D eigenvalue weighted by Gasteiger charge is 2.46. The van der Waals surface area contributed by atoms with Crippen LogP contribution in [0, 0.1) is 12.3 Å². The van der Waals surface area contributed by atoms with Gasteiger partial charge in [0.05, 0.1) is 17.4 Å². The van der Waals surface area contributed by atoms with Crippen molar-refractivity contribution in [1.29, 1.82) is 0 Å². The summed E-state index contributed by atoms with van der Waals surface area (Å²) in [5, 5.41) is 9.63. The third kappa shape index (κ3) is 5.23. The highest BCUT2D eigenvalue weighted by molar-refractivity contribution is 6.03. The first-order valence-corrected chi connectivity index (χ1v) is 13.2.